The summed E-state index contributed by atoms with van der Waals surface area (Å²) in [7, 11) is 0. The number of hydrogen-bond donors (Lipinski definition) is 1. The molecule has 0 saturated heterocycles. The maximum Gasteiger partial charge on any atom is 0.138 e. The Morgan fingerprint density at radius 2 is 2.10 bits per heavy atom. The van der Waals surface area contributed by atoms with Crippen molar-refractivity contribution in [1.82, 2.24) is 0 Å². The zero-order valence-electron chi connectivity index (χ0n) is 4.74. The van der Waals surface area contributed by atoms with Gasteiger partial charge in [-0.3, -0.25) is 0 Å². The van der Waals surface area contributed by atoms with Gasteiger partial charge in [0.1, 0.15) is 5.82 Å². The van der Waals surface area contributed by atoms with Crippen molar-refractivity contribution in [3.8, 4) is 0 Å². The smallest absolute Gasteiger partial charge is 0.138 e. The molecule has 0 bridgehead atoms. The summed E-state index contributed by atoms with van der Waals surface area (Å²) in [5.41, 5.74) is 0. The van der Waals surface area contributed by atoms with Gasteiger partial charge in [-0.15, -0.1) is 12.6 Å². The average Bonchev–Trinajstić information content (AvgIpc) is 1.82. The van der Waals surface area contributed by atoms with Crippen molar-refractivity contribution >= 4 is 51.1 Å². The summed E-state index contributed by atoms with van der Waals surface area (Å²) in [6.07, 6.45) is 0. The molecule has 0 aliphatic rings. The average molecular weight is 333 g/mol. The normalized spacial score (nSPS) is 10.0. The second-order valence-corrected chi connectivity index (χ2v) is 4.27. The molecule has 0 N–H and O–H groups in total. The molecule has 0 amide bonds. The molecule has 0 radical (unpaired) electrons. The standard InChI is InChI=1S/C6H3BrFIS/c7-4-1-3(9)2-5(8)6(4)10/h1-2,10H. The second kappa shape index (κ2) is 3.40. The Labute approximate surface area is 85.9 Å². The zero-order chi connectivity index (χ0) is 7.72. The lowest BCUT2D eigenvalue weighted by Gasteiger charge is -1.98. The number of thiol groups is 1. The van der Waals surface area contributed by atoms with Crippen molar-refractivity contribution in [2.24, 2.45) is 0 Å². The molecule has 54 valence electrons. The Kier molecular flexibility index (Phi) is 3.00. The van der Waals surface area contributed by atoms with Gasteiger partial charge in [0.2, 0.25) is 0 Å². The predicted octanol–water partition coefficient (Wildman–Crippen LogP) is 3.48. The van der Waals surface area contributed by atoms with Crippen LogP contribution in [0.4, 0.5) is 4.39 Å². The van der Waals surface area contributed by atoms with Gasteiger partial charge in [0.25, 0.3) is 0 Å². The second-order valence-electron chi connectivity index (χ2n) is 1.72. The van der Waals surface area contributed by atoms with E-state index in [0.29, 0.717) is 9.37 Å². The lowest BCUT2D eigenvalue weighted by Crippen LogP contribution is -1.81. The van der Waals surface area contributed by atoms with Crippen LogP contribution in [0.2, 0.25) is 0 Å². The van der Waals surface area contributed by atoms with Crippen molar-refractivity contribution in [3.05, 3.63) is 26.0 Å². The third kappa shape index (κ3) is 1.85. The van der Waals surface area contributed by atoms with E-state index in [9.17, 15) is 4.39 Å². The molecule has 0 aromatic heterocycles. The van der Waals surface area contributed by atoms with E-state index >= 15 is 0 Å². The summed E-state index contributed by atoms with van der Waals surface area (Å²) in [6, 6.07) is 3.25. The molecule has 10 heavy (non-hydrogen) atoms. The first-order valence-corrected chi connectivity index (χ1v) is 4.76. The lowest BCUT2D eigenvalue weighted by atomic mass is 10.3. The van der Waals surface area contributed by atoms with E-state index in [-0.39, 0.29) is 5.82 Å². The monoisotopic (exact) mass is 332 g/mol. The Balaban J connectivity index is 3.31. The van der Waals surface area contributed by atoms with E-state index < -0.39 is 0 Å². The summed E-state index contributed by atoms with van der Waals surface area (Å²) in [5.74, 6) is -0.290. The van der Waals surface area contributed by atoms with Gasteiger partial charge in [0, 0.05) is 8.04 Å². The number of benzene rings is 1. The van der Waals surface area contributed by atoms with Gasteiger partial charge in [0.15, 0.2) is 0 Å². The summed E-state index contributed by atoms with van der Waals surface area (Å²) in [5, 5.41) is 0. The molecule has 1 aromatic carbocycles. The fraction of sp³-hybridized carbons (Fsp3) is 0. The highest BCUT2D eigenvalue weighted by Gasteiger charge is 2.02. The van der Waals surface area contributed by atoms with E-state index in [1.165, 1.54) is 6.07 Å². The fourth-order valence-corrected chi connectivity index (χ4v) is 2.11. The minimum absolute atomic E-state index is 0.290. The number of hydrogen-bond acceptors (Lipinski definition) is 1. The van der Waals surface area contributed by atoms with Crippen LogP contribution in [-0.2, 0) is 0 Å². The molecule has 0 aliphatic heterocycles. The predicted molar refractivity (Wildman–Crippen MR) is 54.1 cm³/mol. The molecule has 0 spiro atoms. The van der Waals surface area contributed by atoms with Gasteiger partial charge >= 0.3 is 0 Å². The maximum atomic E-state index is 12.7. The van der Waals surface area contributed by atoms with Crippen LogP contribution >= 0.6 is 51.1 Å². The zero-order valence-corrected chi connectivity index (χ0v) is 9.37. The first-order valence-electron chi connectivity index (χ1n) is 2.45. The molecule has 0 unspecified atom stereocenters. The summed E-state index contributed by atoms with van der Waals surface area (Å²) < 4.78 is 14.3. The quantitative estimate of drug-likeness (QED) is 0.546. The Morgan fingerprint density at radius 3 is 2.60 bits per heavy atom. The van der Waals surface area contributed by atoms with E-state index in [2.05, 4.69) is 28.6 Å². The molecule has 0 atom stereocenters. The van der Waals surface area contributed by atoms with Gasteiger partial charge in [-0.05, 0) is 50.7 Å². The maximum absolute atomic E-state index is 12.7. The topological polar surface area (TPSA) is 0 Å². The van der Waals surface area contributed by atoms with Crippen molar-refractivity contribution in [2.75, 3.05) is 0 Å². The minimum Gasteiger partial charge on any atom is -0.206 e. The highest BCUT2D eigenvalue weighted by Crippen LogP contribution is 2.25. The Bertz CT molecular complexity index is 241. The van der Waals surface area contributed by atoms with Crippen molar-refractivity contribution in [1.29, 1.82) is 0 Å². The molecule has 1 rings (SSSR count). The Hall–Kier alpha value is 0.710. The van der Waals surface area contributed by atoms with Crippen LogP contribution in [0.25, 0.3) is 0 Å². The molecule has 0 saturated carbocycles. The minimum atomic E-state index is -0.290. The number of halogens is 3. The van der Waals surface area contributed by atoms with Crippen LogP contribution in [0, 0.1) is 9.39 Å². The van der Waals surface area contributed by atoms with E-state index in [4.69, 9.17) is 0 Å². The van der Waals surface area contributed by atoms with Crippen LogP contribution in [0.1, 0.15) is 0 Å². The molecule has 0 nitrogen and oxygen atoms in total. The molecule has 1 aromatic rings. The first kappa shape index (κ1) is 8.80. The van der Waals surface area contributed by atoms with E-state index in [1.807, 2.05) is 28.7 Å². The van der Waals surface area contributed by atoms with Gasteiger partial charge < -0.3 is 0 Å². The van der Waals surface area contributed by atoms with Gasteiger partial charge in [-0.1, -0.05) is 0 Å². The van der Waals surface area contributed by atoms with E-state index in [1.54, 1.807) is 0 Å². The van der Waals surface area contributed by atoms with E-state index in [0.717, 1.165) is 3.57 Å². The van der Waals surface area contributed by atoms with Gasteiger partial charge in [0.05, 0.1) is 4.90 Å². The first-order chi connectivity index (χ1) is 4.61. The molecular weight excluding hydrogens is 330 g/mol. The molecule has 0 fully saturated rings. The largest absolute Gasteiger partial charge is 0.206 e. The number of rotatable bonds is 0. The lowest BCUT2D eigenvalue weighted by molar-refractivity contribution is 0.599. The third-order valence-electron chi connectivity index (χ3n) is 0.982. The van der Waals surface area contributed by atoms with Gasteiger partial charge in [-0.2, -0.15) is 0 Å². The Morgan fingerprint density at radius 1 is 1.50 bits per heavy atom. The SMILES string of the molecule is Fc1cc(I)cc(Br)c1S. The van der Waals surface area contributed by atoms with Crippen molar-refractivity contribution < 1.29 is 4.39 Å². The van der Waals surface area contributed by atoms with Crippen LogP contribution in [0.5, 0.6) is 0 Å². The highest BCUT2D eigenvalue weighted by atomic mass is 127. The fourth-order valence-electron chi connectivity index (χ4n) is 0.535. The highest BCUT2D eigenvalue weighted by molar-refractivity contribution is 14.1. The van der Waals surface area contributed by atoms with Crippen molar-refractivity contribution in [3.63, 3.8) is 0 Å². The molecule has 4 heteroatoms. The molecular formula is C6H3BrFIS. The third-order valence-corrected chi connectivity index (χ3v) is 2.99. The van der Waals surface area contributed by atoms with Crippen LogP contribution in [0.3, 0.4) is 0 Å². The molecule has 0 heterocycles. The molecule has 0 aliphatic carbocycles. The van der Waals surface area contributed by atoms with Crippen LogP contribution < -0.4 is 0 Å². The van der Waals surface area contributed by atoms with Crippen molar-refractivity contribution in [2.45, 2.75) is 4.90 Å². The summed E-state index contributed by atoms with van der Waals surface area (Å²) in [4.78, 5) is 0.361. The van der Waals surface area contributed by atoms with Crippen LogP contribution in [-0.4, -0.2) is 0 Å². The summed E-state index contributed by atoms with van der Waals surface area (Å²) >= 11 is 9.15. The van der Waals surface area contributed by atoms with Gasteiger partial charge in [-0.25, -0.2) is 4.39 Å². The van der Waals surface area contributed by atoms with Crippen LogP contribution in [0.15, 0.2) is 21.5 Å². The summed E-state index contributed by atoms with van der Waals surface area (Å²) in [6.45, 7) is 0.